The summed E-state index contributed by atoms with van der Waals surface area (Å²) in [4.78, 5) is 28.9. The molecule has 3 aromatic heterocycles. The third-order valence-corrected chi connectivity index (χ3v) is 6.24. The quantitative estimate of drug-likeness (QED) is 0.488. The van der Waals surface area contributed by atoms with Crippen LogP contribution in [0, 0.1) is 0 Å². The molecule has 1 aliphatic rings. The zero-order valence-corrected chi connectivity index (χ0v) is 17.4. The van der Waals surface area contributed by atoms with Crippen LogP contribution in [-0.2, 0) is 6.18 Å². The van der Waals surface area contributed by atoms with Gasteiger partial charge in [0.1, 0.15) is 11.3 Å². The Morgan fingerprint density at radius 3 is 2.52 bits per heavy atom. The highest BCUT2D eigenvalue weighted by Crippen LogP contribution is 2.34. The van der Waals surface area contributed by atoms with Crippen molar-refractivity contribution in [2.45, 2.75) is 43.8 Å². The number of hydrogen-bond donors (Lipinski definition) is 2. The molecular formula is C23H20F3N5O2. The van der Waals surface area contributed by atoms with E-state index >= 15 is 0 Å². The summed E-state index contributed by atoms with van der Waals surface area (Å²) < 4.78 is 40.4. The fourth-order valence-corrected chi connectivity index (χ4v) is 4.53. The highest BCUT2D eigenvalue weighted by Gasteiger charge is 2.32. The SMILES string of the molecule is O=C(N[C@H]1CC[C@H](c2n[nH]c(=O)c3ccccc32)CC1)c1cnc2ccc(C(F)(F)F)cn12. The van der Waals surface area contributed by atoms with Gasteiger partial charge in [0, 0.05) is 23.5 Å². The number of nitrogens with zero attached hydrogens (tertiary/aromatic N) is 3. The third kappa shape index (κ3) is 3.96. The van der Waals surface area contributed by atoms with Crippen molar-refractivity contribution in [3.8, 4) is 0 Å². The molecule has 4 aromatic rings. The van der Waals surface area contributed by atoms with Gasteiger partial charge in [0.05, 0.1) is 22.8 Å². The molecule has 1 aliphatic carbocycles. The predicted molar refractivity (Wildman–Crippen MR) is 115 cm³/mol. The van der Waals surface area contributed by atoms with E-state index in [4.69, 9.17) is 0 Å². The minimum absolute atomic E-state index is 0.0616. The number of pyridine rings is 1. The molecule has 1 amide bonds. The molecule has 0 unspecified atom stereocenters. The van der Waals surface area contributed by atoms with Crippen LogP contribution >= 0.6 is 0 Å². The largest absolute Gasteiger partial charge is 0.417 e. The van der Waals surface area contributed by atoms with Gasteiger partial charge in [-0.3, -0.25) is 14.0 Å². The molecular weight excluding hydrogens is 435 g/mol. The lowest BCUT2D eigenvalue weighted by atomic mass is 9.82. The molecule has 7 nitrogen and oxygen atoms in total. The van der Waals surface area contributed by atoms with Gasteiger partial charge in [0.25, 0.3) is 11.5 Å². The van der Waals surface area contributed by atoms with E-state index in [9.17, 15) is 22.8 Å². The van der Waals surface area contributed by atoms with E-state index in [1.807, 2.05) is 18.2 Å². The van der Waals surface area contributed by atoms with Crippen molar-refractivity contribution in [2.24, 2.45) is 0 Å². The summed E-state index contributed by atoms with van der Waals surface area (Å²) >= 11 is 0. The standard InChI is InChI=1S/C23H20F3N5O2/c24-23(25,26)14-7-10-19-27-11-18(31(19)12-14)22(33)28-15-8-5-13(6-9-15)20-16-3-1-2-4-17(16)21(32)30-29-20/h1-4,7,10-13,15H,5-6,8-9H2,(H,28,33)(H,30,32)/t13-,15-. The Kier molecular flexibility index (Phi) is 5.15. The van der Waals surface area contributed by atoms with Crippen molar-refractivity contribution in [1.82, 2.24) is 24.9 Å². The van der Waals surface area contributed by atoms with Crippen LogP contribution in [0.4, 0.5) is 13.2 Å². The van der Waals surface area contributed by atoms with Crippen LogP contribution < -0.4 is 10.9 Å². The first-order valence-corrected chi connectivity index (χ1v) is 10.6. The van der Waals surface area contributed by atoms with Crippen molar-refractivity contribution in [3.05, 3.63) is 76.1 Å². The van der Waals surface area contributed by atoms with Gasteiger partial charge >= 0.3 is 6.18 Å². The molecule has 33 heavy (non-hydrogen) atoms. The summed E-state index contributed by atoms with van der Waals surface area (Å²) in [5, 5.41) is 11.2. The van der Waals surface area contributed by atoms with E-state index in [1.54, 1.807) is 6.07 Å². The van der Waals surface area contributed by atoms with Crippen LogP contribution in [0.1, 0.15) is 53.3 Å². The van der Waals surface area contributed by atoms with Crippen molar-refractivity contribution < 1.29 is 18.0 Å². The van der Waals surface area contributed by atoms with E-state index in [0.717, 1.165) is 36.2 Å². The molecule has 0 atom stereocenters. The van der Waals surface area contributed by atoms with Crippen molar-refractivity contribution in [3.63, 3.8) is 0 Å². The van der Waals surface area contributed by atoms with Gasteiger partial charge in [0.15, 0.2) is 0 Å². The highest BCUT2D eigenvalue weighted by molar-refractivity contribution is 5.93. The van der Waals surface area contributed by atoms with E-state index < -0.39 is 17.6 Å². The maximum absolute atomic E-state index is 13.1. The summed E-state index contributed by atoms with van der Waals surface area (Å²) in [6, 6.07) is 9.42. The predicted octanol–water partition coefficient (Wildman–Crippen LogP) is 4.05. The number of benzene rings is 1. The number of carbonyl (C=O) groups is 1. The topological polar surface area (TPSA) is 92.1 Å². The number of amides is 1. The summed E-state index contributed by atoms with van der Waals surface area (Å²) in [5.41, 5.74) is 0.107. The average molecular weight is 455 g/mol. The average Bonchev–Trinajstić information content (AvgIpc) is 3.23. The van der Waals surface area contributed by atoms with Crippen molar-refractivity contribution in [1.29, 1.82) is 0 Å². The summed E-state index contributed by atoms with van der Waals surface area (Å²) in [6.07, 6.45) is 0.573. The zero-order chi connectivity index (χ0) is 23.2. The third-order valence-electron chi connectivity index (χ3n) is 6.24. The van der Waals surface area contributed by atoms with Crippen LogP contribution in [0.2, 0.25) is 0 Å². The molecule has 0 spiro atoms. The minimum atomic E-state index is -4.51. The Morgan fingerprint density at radius 2 is 1.79 bits per heavy atom. The molecule has 1 fully saturated rings. The van der Waals surface area contributed by atoms with E-state index in [2.05, 4.69) is 20.5 Å². The smallest absolute Gasteiger partial charge is 0.348 e. The lowest BCUT2D eigenvalue weighted by Crippen LogP contribution is -2.38. The summed E-state index contributed by atoms with van der Waals surface area (Å²) in [5.74, 6) is -0.317. The Hall–Kier alpha value is -3.69. The van der Waals surface area contributed by atoms with Crippen molar-refractivity contribution >= 4 is 22.3 Å². The van der Waals surface area contributed by atoms with Gasteiger partial charge in [0.2, 0.25) is 0 Å². The second kappa shape index (κ2) is 8.02. The van der Waals surface area contributed by atoms with Gasteiger partial charge in [-0.15, -0.1) is 0 Å². The second-order valence-electron chi connectivity index (χ2n) is 8.29. The van der Waals surface area contributed by atoms with E-state index in [0.29, 0.717) is 18.2 Å². The van der Waals surface area contributed by atoms with E-state index in [1.165, 1.54) is 16.7 Å². The maximum Gasteiger partial charge on any atom is 0.417 e. The highest BCUT2D eigenvalue weighted by atomic mass is 19.4. The number of hydrogen-bond acceptors (Lipinski definition) is 4. The summed E-state index contributed by atoms with van der Waals surface area (Å²) in [7, 11) is 0. The number of imidazole rings is 1. The number of rotatable bonds is 3. The number of H-pyrrole nitrogens is 1. The molecule has 170 valence electrons. The summed E-state index contributed by atoms with van der Waals surface area (Å²) in [6.45, 7) is 0. The molecule has 10 heteroatoms. The molecule has 1 saturated carbocycles. The second-order valence-corrected chi connectivity index (χ2v) is 8.29. The van der Waals surface area contributed by atoms with Crippen LogP contribution in [0.3, 0.4) is 0 Å². The molecule has 2 N–H and O–H groups in total. The zero-order valence-electron chi connectivity index (χ0n) is 17.4. The van der Waals surface area contributed by atoms with Gasteiger partial charge in [-0.2, -0.15) is 18.3 Å². The van der Waals surface area contributed by atoms with Gasteiger partial charge in [-0.1, -0.05) is 18.2 Å². The number of carbonyl (C=O) groups excluding carboxylic acids is 1. The molecule has 5 rings (SSSR count). The van der Waals surface area contributed by atoms with Crippen LogP contribution in [-0.4, -0.2) is 31.5 Å². The Labute approximate surface area is 185 Å². The molecule has 0 aliphatic heterocycles. The Balaban J connectivity index is 1.30. The fraction of sp³-hybridized carbons (Fsp3) is 0.304. The van der Waals surface area contributed by atoms with Crippen molar-refractivity contribution in [2.75, 3.05) is 0 Å². The molecule has 0 bridgehead atoms. The van der Waals surface area contributed by atoms with Crippen LogP contribution in [0.15, 0.2) is 53.6 Å². The van der Waals surface area contributed by atoms with Gasteiger partial charge < -0.3 is 5.32 Å². The van der Waals surface area contributed by atoms with E-state index in [-0.39, 0.29) is 28.9 Å². The lowest BCUT2D eigenvalue weighted by Gasteiger charge is -2.29. The number of alkyl halides is 3. The number of aromatic nitrogens is 4. The van der Waals surface area contributed by atoms with Crippen LogP contribution in [0.5, 0.6) is 0 Å². The lowest BCUT2D eigenvalue weighted by molar-refractivity contribution is -0.137. The number of halogens is 3. The molecule has 3 heterocycles. The van der Waals surface area contributed by atoms with Gasteiger partial charge in [-0.25, -0.2) is 10.1 Å². The Bertz CT molecular complexity index is 1400. The first-order valence-electron chi connectivity index (χ1n) is 10.6. The monoisotopic (exact) mass is 455 g/mol. The molecule has 0 saturated heterocycles. The number of aromatic amines is 1. The number of fused-ring (bicyclic) bond motifs is 2. The number of nitrogens with one attached hydrogen (secondary N) is 2. The first kappa shape index (κ1) is 21.2. The van der Waals surface area contributed by atoms with Gasteiger partial charge in [-0.05, 0) is 43.9 Å². The van der Waals surface area contributed by atoms with Crippen LogP contribution in [0.25, 0.3) is 16.4 Å². The first-order chi connectivity index (χ1) is 15.8. The normalized spacial score (nSPS) is 19.1. The minimum Gasteiger partial charge on any atom is -0.348 e. The molecule has 0 radical (unpaired) electrons. The maximum atomic E-state index is 13.1. The fourth-order valence-electron chi connectivity index (χ4n) is 4.53. The molecule has 1 aromatic carbocycles. The Morgan fingerprint density at radius 1 is 1.06 bits per heavy atom.